The summed E-state index contributed by atoms with van der Waals surface area (Å²) in [6, 6.07) is 0. The molecule has 0 spiro atoms. The summed E-state index contributed by atoms with van der Waals surface area (Å²) in [5, 5.41) is 0. The first kappa shape index (κ1) is 12.9. The minimum Gasteiger partial charge on any atom is -0.294 e. The third kappa shape index (κ3) is 1.70. The van der Waals surface area contributed by atoms with Gasteiger partial charge < -0.3 is 0 Å². The third-order valence-electron chi connectivity index (χ3n) is 5.54. The van der Waals surface area contributed by atoms with E-state index in [0.717, 1.165) is 12.8 Å². The number of rotatable bonds is 4. The van der Waals surface area contributed by atoms with Crippen LogP contribution in [0.25, 0.3) is 0 Å². The minimum atomic E-state index is -0.0751. The highest BCUT2D eigenvalue weighted by Gasteiger charge is 2.63. The van der Waals surface area contributed by atoms with Crippen LogP contribution in [0, 0.1) is 16.7 Å². The lowest BCUT2D eigenvalue weighted by Crippen LogP contribution is -2.32. The lowest BCUT2D eigenvalue weighted by atomic mass is 9.70. The molecule has 2 fully saturated rings. The Labute approximate surface area is 106 Å². The Morgan fingerprint density at radius 3 is 2.53 bits per heavy atom. The van der Waals surface area contributed by atoms with Crippen LogP contribution in [0.1, 0.15) is 66.2 Å². The molecule has 0 aromatic heterocycles. The molecule has 2 atom stereocenters. The minimum absolute atomic E-state index is 0.0751. The molecule has 0 radical (unpaired) electrons. The second-order valence-corrected chi connectivity index (χ2v) is 6.63. The molecule has 0 saturated heterocycles. The lowest BCUT2D eigenvalue weighted by Gasteiger charge is -2.31. The van der Waals surface area contributed by atoms with Crippen LogP contribution in [0.5, 0.6) is 0 Å². The summed E-state index contributed by atoms with van der Waals surface area (Å²) < 4.78 is 0. The zero-order valence-electron chi connectivity index (χ0n) is 11.8. The van der Waals surface area contributed by atoms with Gasteiger partial charge in [-0.3, -0.25) is 4.79 Å². The molecule has 1 heteroatoms. The van der Waals surface area contributed by atoms with Gasteiger partial charge in [0.2, 0.25) is 0 Å². The van der Waals surface area contributed by atoms with Gasteiger partial charge in [0.15, 0.2) is 5.78 Å². The smallest absolute Gasteiger partial charge is 0.165 e. The maximum absolute atomic E-state index is 12.5. The molecule has 2 bridgehead atoms. The Morgan fingerprint density at radius 1 is 1.29 bits per heavy atom. The topological polar surface area (TPSA) is 17.1 Å². The highest BCUT2D eigenvalue weighted by Crippen LogP contribution is 2.65. The van der Waals surface area contributed by atoms with Crippen molar-refractivity contribution in [1.82, 2.24) is 0 Å². The van der Waals surface area contributed by atoms with E-state index in [9.17, 15) is 4.79 Å². The van der Waals surface area contributed by atoms with Crippen molar-refractivity contribution in [1.29, 1.82) is 0 Å². The van der Waals surface area contributed by atoms with E-state index < -0.39 is 0 Å². The highest BCUT2D eigenvalue weighted by atomic mass is 16.1. The van der Waals surface area contributed by atoms with Crippen LogP contribution in [0.4, 0.5) is 0 Å². The summed E-state index contributed by atoms with van der Waals surface area (Å²) >= 11 is 0. The van der Waals surface area contributed by atoms with E-state index in [2.05, 4.69) is 33.8 Å². The van der Waals surface area contributed by atoms with Crippen LogP contribution in [0.2, 0.25) is 0 Å². The van der Waals surface area contributed by atoms with E-state index in [1.165, 1.54) is 31.3 Å². The Morgan fingerprint density at radius 2 is 2.00 bits per heavy atom. The summed E-state index contributed by atoms with van der Waals surface area (Å²) in [4.78, 5) is 12.5. The number of hydrogen-bond donors (Lipinski definition) is 0. The van der Waals surface area contributed by atoms with Crippen molar-refractivity contribution in [3.05, 3.63) is 11.6 Å². The normalized spacial score (nSPS) is 37.1. The molecule has 2 saturated carbocycles. The van der Waals surface area contributed by atoms with Crippen molar-refractivity contribution >= 4 is 5.78 Å². The summed E-state index contributed by atoms with van der Waals surface area (Å²) in [5.41, 5.74) is 1.27. The molecule has 0 aromatic carbocycles. The van der Waals surface area contributed by atoms with Crippen molar-refractivity contribution in [3.8, 4) is 0 Å². The monoisotopic (exact) mass is 234 g/mol. The number of hydrogen-bond acceptors (Lipinski definition) is 1. The van der Waals surface area contributed by atoms with Gasteiger partial charge in [-0.2, -0.15) is 0 Å². The molecular weight excluding hydrogens is 208 g/mol. The number of unbranched alkanes of at least 4 members (excludes halogenated alkanes) is 3. The van der Waals surface area contributed by atoms with E-state index in [1.54, 1.807) is 0 Å². The van der Waals surface area contributed by atoms with Crippen LogP contribution < -0.4 is 0 Å². The number of allylic oxidation sites excluding steroid dienone is 2. The predicted octanol–water partition coefficient (Wildman–Crippen LogP) is 4.52. The maximum atomic E-state index is 12.5. The average Bonchev–Trinajstić information content (AvgIpc) is 2.58. The van der Waals surface area contributed by atoms with Crippen LogP contribution >= 0.6 is 0 Å². The fourth-order valence-electron chi connectivity index (χ4n) is 3.81. The van der Waals surface area contributed by atoms with Crippen LogP contribution in [0.15, 0.2) is 11.6 Å². The van der Waals surface area contributed by atoms with Gasteiger partial charge in [0.25, 0.3) is 0 Å². The summed E-state index contributed by atoms with van der Waals surface area (Å²) in [6.45, 7) is 8.98. The molecule has 0 aromatic rings. The van der Waals surface area contributed by atoms with Gasteiger partial charge in [-0.25, -0.2) is 0 Å². The Balaban J connectivity index is 2.14. The number of carbonyl (C=O) groups is 1. The Hall–Kier alpha value is -0.590. The largest absolute Gasteiger partial charge is 0.294 e. The van der Waals surface area contributed by atoms with Crippen LogP contribution in [-0.2, 0) is 4.79 Å². The van der Waals surface area contributed by atoms with Gasteiger partial charge in [0.05, 0.1) is 0 Å². The van der Waals surface area contributed by atoms with E-state index >= 15 is 0 Å². The molecule has 0 N–H and O–H groups in total. The summed E-state index contributed by atoms with van der Waals surface area (Å²) in [5.74, 6) is 0.983. The van der Waals surface area contributed by atoms with Gasteiger partial charge in [-0.05, 0) is 42.6 Å². The van der Waals surface area contributed by atoms with E-state index in [-0.39, 0.29) is 10.8 Å². The standard InChI is InChI=1S/C16H26O/c1-5-6-7-8-9-12-13-10-11-16(4,14(12)17)15(13,2)3/h9,13H,5-8,10-11H2,1-4H3/b12-9+/t13-,16-/m1/s1. The second kappa shape index (κ2) is 4.26. The van der Waals surface area contributed by atoms with E-state index in [4.69, 9.17) is 0 Å². The maximum Gasteiger partial charge on any atom is 0.165 e. The third-order valence-corrected chi connectivity index (χ3v) is 5.54. The number of carbonyl (C=O) groups excluding carboxylic acids is 1. The van der Waals surface area contributed by atoms with Gasteiger partial charge in [-0.1, -0.05) is 46.6 Å². The molecule has 0 amide bonds. The zero-order chi connectivity index (χ0) is 12.7. The first-order chi connectivity index (χ1) is 7.95. The number of ketones is 1. The van der Waals surface area contributed by atoms with Crippen molar-refractivity contribution < 1.29 is 4.79 Å². The Bertz CT molecular complexity index is 351. The van der Waals surface area contributed by atoms with Crippen LogP contribution in [0.3, 0.4) is 0 Å². The summed E-state index contributed by atoms with van der Waals surface area (Å²) in [6.07, 6.45) is 9.43. The van der Waals surface area contributed by atoms with E-state index in [1.807, 2.05) is 0 Å². The fraction of sp³-hybridized carbons (Fsp3) is 0.812. The second-order valence-electron chi connectivity index (χ2n) is 6.63. The molecular formula is C16H26O. The van der Waals surface area contributed by atoms with Gasteiger partial charge in [0.1, 0.15) is 0 Å². The molecule has 1 nitrogen and oxygen atoms in total. The number of fused-ring (bicyclic) bond motifs is 2. The SMILES string of the molecule is CCCCC/C=C1/C(=O)[C@@]2(C)CC[C@H]1C2(C)C. The van der Waals surface area contributed by atoms with Crippen molar-refractivity contribution in [2.45, 2.75) is 66.2 Å². The van der Waals surface area contributed by atoms with Crippen LogP contribution in [-0.4, -0.2) is 5.78 Å². The Kier molecular flexibility index (Phi) is 3.22. The van der Waals surface area contributed by atoms with Crippen molar-refractivity contribution in [2.75, 3.05) is 0 Å². The number of Topliss-reactive ketones (excluding diaryl/α,β-unsaturated/α-hetero) is 1. The molecule has 17 heavy (non-hydrogen) atoms. The van der Waals surface area contributed by atoms with Gasteiger partial charge in [-0.15, -0.1) is 0 Å². The highest BCUT2D eigenvalue weighted by molar-refractivity contribution is 6.04. The van der Waals surface area contributed by atoms with Crippen molar-refractivity contribution in [2.24, 2.45) is 16.7 Å². The zero-order valence-corrected chi connectivity index (χ0v) is 11.8. The quantitative estimate of drug-likeness (QED) is 0.516. The molecule has 2 rings (SSSR count). The predicted molar refractivity (Wildman–Crippen MR) is 71.8 cm³/mol. The molecule has 0 heterocycles. The van der Waals surface area contributed by atoms with Crippen molar-refractivity contribution in [3.63, 3.8) is 0 Å². The first-order valence-electron chi connectivity index (χ1n) is 7.20. The fourth-order valence-corrected chi connectivity index (χ4v) is 3.81. The summed E-state index contributed by atoms with van der Waals surface area (Å²) in [7, 11) is 0. The van der Waals surface area contributed by atoms with E-state index in [0.29, 0.717) is 11.7 Å². The van der Waals surface area contributed by atoms with Gasteiger partial charge in [0, 0.05) is 5.41 Å². The molecule has 2 aliphatic carbocycles. The average molecular weight is 234 g/mol. The molecule has 0 aliphatic heterocycles. The molecule has 2 aliphatic rings. The van der Waals surface area contributed by atoms with Gasteiger partial charge >= 0.3 is 0 Å². The lowest BCUT2D eigenvalue weighted by molar-refractivity contribution is -0.125. The molecule has 96 valence electrons. The first-order valence-corrected chi connectivity index (χ1v) is 7.20. The molecule has 0 unspecified atom stereocenters.